The Morgan fingerprint density at radius 2 is 1.53 bits per heavy atom. The zero-order valence-electron chi connectivity index (χ0n) is 25.4. The maximum Gasteiger partial charge on any atom is 0.339 e. The van der Waals surface area contributed by atoms with Crippen molar-refractivity contribution < 1.29 is 29.7 Å². The van der Waals surface area contributed by atoms with Gasteiger partial charge >= 0.3 is 17.9 Å². The molecular weight excluding hydrogens is 669 g/mol. The molecule has 3 aromatic carbocycles. The first-order valence-electron chi connectivity index (χ1n) is 14.2. The van der Waals surface area contributed by atoms with Crippen LogP contribution in [0.25, 0.3) is 0 Å². The fraction of sp³-hybridized carbons (Fsp3) is 0.212. The third-order valence-corrected chi connectivity index (χ3v) is 7.21. The number of anilines is 4. The fourth-order valence-electron chi connectivity index (χ4n) is 3.92. The first-order valence-corrected chi connectivity index (χ1v) is 15.4. The van der Waals surface area contributed by atoms with Gasteiger partial charge in [-0.1, -0.05) is 65.5 Å². The number of para-hydroxylation sites is 2. The summed E-state index contributed by atoms with van der Waals surface area (Å²) in [5, 5.41) is 34.0. The number of hydrogen-bond donors (Lipinski definition) is 7. The average Bonchev–Trinajstić information content (AvgIpc) is 3.02. The molecule has 0 spiro atoms. The first-order chi connectivity index (χ1) is 22.3. The third-order valence-electron chi connectivity index (χ3n) is 6.35. The van der Waals surface area contributed by atoms with E-state index >= 15 is 0 Å². The largest absolute Gasteiger partial charge is 0.481 e. The van der Waals surface area contributed by atoms with Gasteiger partial charge in [0.15, 0.2) is 0 Å². The summed E-state index contributed by atoms with van der Waals surface area (Å²) >= 11 is 18.0. The zero-order chi connectivity index (χ0) is 34.9. The highest BCUT2D eigenvalue weighted by atomic mass is 35.5. The highest BCUT2D eigenvalue weighted by molar-refractivity contribution is 6.39. The van der Waals surface area contributed by atoms with E-state index < -0.39 is 23.9 Å². The van der Waals surface area contributed by atoms with E-state index in [9.17, 15) is 14.4 Å². The van der Waals surface area contributed by atoms with E-state index in [1.807, 2.05) is 13.0 Å². The SMILES string of the molecule is Cc1cc(Cl)ccc1Nc1ncccc1C(=O)O.NCCCC[C@H](N)C(=O)O.O=C(O)Cc1ccccc1Nc1c(Cl)cccc1Cl. The Labute approximate surface area is 287 Å². The van der Waals surface area contributed by atoms with Crippen molar-refractivity contribution in [1.29, 1.82) is 0 Å². The van der Waals surface area contributed by atoms with Gasteiger partial charge < -0.3 is 37.4 Å². The Balaban J connectivity index is 0.000000258. The highest BCUT2D eigenvalue weighted by Gasteiger charge is 2.12. The van der Waals surface area contributed by atoms with Crippen molar-refractivity contribution in [3.8, 4) is 0 Å². The summed E-state index contributed by atoms with van der Waals surface area (Å²) in [6, 6.07) is 20.0. The molecule has 1 heterocycles. The molecule has 0 aliphatic heterocycles. The van der Waals surface area contributed by atoms with Gasteiger partial charge in [-0.15, -0.1) is 0 Å². The number of carboxylic acid groups (broad SMARTS) is 3. The molecule has 0 aliphatic carbocycles. The smallest absolute Gasteiger partial charge is 0.339 e. The lowest BCUT2D eigenvalue weighted by molar-refractivity contribution is -0.139. The number of nitrogens with two attached hydrogens (primary N) is 2. The summed E-state index contributed by atoms with van der Waals surface area (Å²) in [6.45, 7) is 2.49. The lowest BCUT2D eigenvalue weighted by atomic mass is 10.1. The van der Waals surface area contributed by atoms with E-state index in [1.165, 1.54) is 6.07 Å². The van der Waals surface area contributed by atoms with Crippen molar-refractivity contribution >= 4 is 75.6 Å². The van der Waals surface area contributed by atoms with Gasteiger partial charge in [0.1, 0.15) is 17.4 Å². The maximum atomic E-state index is 11.0. The minimum Gasteiger partial charge on any atom is -0.481 e. The van der Waals surface area contributed by atoms with Crippen molar-refractivity contribution in [2.45, 2.75) is 38.6 Å². The minimum absolute atomic E-state index is 0.0642. The van der Waals surface area contributed by atoms with E-state index in [2.05, 4.69) is 15.6 Å². The molecule has 4 aromatic rings. The number of benzene rings is 3. The number of carbonyl (C=O) groups is 3. The Morgan fingerprint density at radius 3 is 2.13 bits per heavy atom. The van der Waals surface area contributed by atoms with Crippen LogP contribution in [0.15, 0.2) is 79.0 Å². The number of aromatic nitrogens is 1. The molecule has 0 radical (unpaired) electrons. The maximum absolute atomic E-state index is 11.0. The van der Waals surface area contributed by atoms with Crippen molar-refractivity contribution in [2.75, 3.05) is 17.2 Å². The number of aliphatic carboxylic acids is 2. The molecule has 0 amide bonds. The monoisotopic (exact) mass is 703 g/mol. The number of carboxylic acids is 3. The topological polar surface area (TPSA) is 201 Å². The molecule has 1 aromatic heterocycles. The number of rotatable bonds is 12. The van der Waals surface area contributed by atoms with E-state index in [1.54, 1.807) is 66.9 Å². The average molecular weight is 705 g/mol. The summed E-state index contributed by atoms with van der Waals surface area (Å²) in [7, 11) is 0. The molecule has 14 heteroatoms. The van der Waals surface area contributed by atoms with Gasteiger partial charge in [-0.05, 0) is 86.0 Å². The number of aryl methyl sites for hydroxylation is 1. The van der Waals surface area contributed by atoms with E-state index in [0.717, 1.165) is 24.1 Å². The Kier molecular flexibility index (Phi) is 16.5. The van der Waals surface area contributed by atoms with Crippen LogP contribution in [0.4, 0.5) is 22.9 Å². The first kappa shape index (κ1) is 38.8. The molecule has 4 rings (SSSR count). The number of unbranched alkanes of at least 4 members (excludes halogenated alkanes) is 1. The van der Waals surface area contributed by atoms with Gasteiger partial charge in [-0.3, -0.25) is 9.59 Å². The number of aromatic carboxylic acids is 1. The van der Waals surface area contributed by atoms with Crippen molar-refractivity contribution in [3.05, 3.63) is 111 Å². The summed E-state index contributed by atoms with van der Waals surface area (Å²) < 4.78 is 0. The number of nitrogens with zero attached hydrogens (tertiary/aromatic N) is 1. The fourth-order valence-corrected chi connectivity index (χ4v) is 4.63. The summed E-state index contributed by atoms with van der Waals surface area (Å²) in [5.41, 5.74) is 14.2. The highest BCUT2D eigenvalue weighted by Crippen LogP contribution is 2.33. The van der Waals surface area contributed by atoms with Crippen LogP contribution in [0.3, 0.4) is 0 Å². The lowest BCUT2D eigenvalue weighted by Crippen LogP contribution is -2.29. The van der Waals surface area contributed by atoms with Gasteiger partial charge in [0.05, 0.1) is 22.2 Å². The number of nitrogens with one attached hydrogen (secondary N) is 2. The quantitative estimate of drug-likeness (QED) is 0.0726. The summed E-state index contributed by atoms with van der Waals surface area (Å²) in [6.07, 6.45) is 3.64. The van der Waals surface area contributed by atoms with Crippen LogP contribution in [0.1, 0.15) is 40.7 Å². The molecule has 1 atom stereocenters. The molecule has 0 saturated carbocycles. The molecule has 9 N–H and O–H groups in total. The normalized spacial score (nSPS) is 10.8. The summed E-state index contributed by atoms with van der Waals surface area (Å²) in [5.74, 6) is -2.52. The predicted octanol–water partition coefficient (Wildman–Crippen LogP) is 7.38. The molecule has 47 heavy (non-hydrogen) atoms. The lowest BCUT2D eigenvalue weighted by Gasteiger charge is -2.13. The van der Waals surface area contributed by atoms with Crippen molar-refractivity contribution in [2.24, 2.45) is 11.5 Å². The van der Waals surface area contributed by atoms with Gasteiger partial charge in [0.2, 0.25) is 0 Å². The summed E-state index contributed by atoms with van der Waals surface area (Å²) in [4.78, 5) is 36.0. The standard InChI is InChI=1S/C14H11Cl2NO2.C13H11ClN2O2.C6H14N2O2/c15-10-5-3-6-11(16)14(10)17-12-7-2-1-4-9(12)8-13(18)19;1-8-7-9(14)4-5-11(8)16-12-10(13(17)18)3-2-6-15-12;7-4-2-1-3-5(8)6(9)10/h1-7,17H,8H2,(H,18,19);2-7H,1H3,(H,15,16)(H,17,18);5H,1-4,7-8H2,(H,9,10)/t;;5-/m..0/s1. The van der Waals surface area contributed by atoms with Crippen LogP contribution in [-0.4, -0.2) is 50.8 Å². The van der Waals surface area contributed by atoms with Crippen molar-refractivity contribution in [1.82, 2.24) is 4.98 Å². The van der Waals surface area contributed by atoms with E-state index in [-0.39, 0.29) is 12.0 Å². The Morgan fingerprint density at radius 1 is 0.851 bits per heavy atom. The second kappa shape index (κ2) is 20.0. The van der Waals surface area contributed by atoms with Crippen LogP contribution in [-0.2, 0) is 16.0 Å². The number of hydrogen-bond acceptors (Lipinski definition) is 8. The second-order valence-corrected chi connectivity index (χ2v) is 11.2. The second-order valence-electron chi connectivity index (χ2n) is 9.97. The van der Waals surface area contributed by atoms with E-state index in [4.69, 9.17) is 61.6 Å². The molecule has 0 fully saturated rings. The molecule has 0 aliphatic rings. The van der Waals surface area contributed by atoms with Crippen LogP contribution in [0, 0.1) is 6.92 Å². The minimum atomic E-state index is -1.02. The van der Waals surface area contributed by atoms with Crippen LogP contribution < -0.4 is 22.1 Å². The molecule has 250 valence electrons. The van der Waals surface area contributed by atoms with Gasteiger partial charge in [-0.25, -0.2) is 9.78 Å². The Bertz CT molecular complexity index is 1640. The molecule has 0 bridgehead atoms. The van der Waals surface area contributed by atoms with Gasteiger partial charge in [-0.2, -0.15) is 0 Å². The zero-order valence-corrected chi connectivity index (χ0v) is 27.7. The third kappa shape index (κ3) is 13.5. The molecule has 11 nitrogen and oxygen atoms in total. The molecular formula is C33H36Cl3N5O6. The van der Waals surface area contributed by atoms with E-state index in [0.29, 0.717) is 50.8 Å². The van der Waals surface area contributed by atoms with Crippen LogP contribution in [0.2, 0.25) is 15.1 Å². The van der Waals surface area contributed by atoms with Gasteiger partial charge in [0.25, 0.3) is 0 Å². The Hall–Kier alpha value is -4.39. The van der Waals surface area contributed by atoms with Crippen LogP contribution >= 0.6 is 34.8 Å². The van der Waals surface area contributed by atoms with Crippen LogP contribution in [0.5, 0.6) is 0 Å². The predicted molar refractivity (Wildman–Crippen MR) is 187 cm³/mol. The van der Waals surface area contributed by atoms with Crippen molar-refractivity contribution in [3.63, 3.8) is 0 Å². The molecule has 0 unspecified atom stereocenters. The number of pyridine rings is 1. The molecule has 0 saturated heterocycles. The number of halogens is 3. The van der Waals surface area contributed by atoms with Gasteiger partial charge in [0, 0.05) is 22.6 Å².